The second kappa shape index (κ2) is 8.36. The molecule has 0 aliphatic rings. The molecular weight excluding hydrogens is 398 g/mol. The highest BCUT2D eigenvalue weighted by molar-refractivity contribution is 7.14. The molecule has 9 heteroatoms. The predicted octanol–water partition coefficient (Wildman–Crippen LogP) is 4.86. The number of carbonyl (C=O) groups is 1. The molecule has 0 saturated carbocycles. The van der Waals surface area contributed by atoms with E-state index in [1.54, 1.807) is 23.6 Å². The summed E-state index contributed by atoms with van der Waals surface area (Å²) in [4.78, 5) is 24.2. The van der Waals surface area contributed by atoms with Gasteiger partial charge in [-0.05, 0) is 24.3 Å². The number of halogens is 2. The van der Waals surface area contributed by atoms with Crippen LogP contribution in [0.1, 0.15) is 12.2 Å². The Hall–Kier alpha value is -3.33. The lowest BCUT2D eigenvalue weighted by atomic mass is 10.1. The molecule has 0 saturated heterocycles. The van der Waals surface area contributed by atoms with Gasteiger partial charge in [-0.15, -0.1) is 11.3 Å². The lowest BCUT2D eigenvalue weighted by molar-refractivity contribution is -0.116. The van der Waals surface area contributed by atoms with Gasteiger partial charge in [0.25, 0.3) is 0 Å². The number of nitrogens with one attached hydrogen (secondary N) is 2. The van der Waals surface area contributed by atoms with Gasteiger partial charge in [0, 0.05) is 23.8 Å². The van der Waals surface area contributed by atoms with Gasteiger partial charge in [0.05, 0.1) is 16.7 Å². The van der Waals surface area contributed by atoms with Crippen molar-refractivity contribution in [1.82, 2.24) is 15.0 Å². The standard InChI is InChI=1S/C20H16F2N4O2S/c21-19(22)28-16-8-4-1-5-12(16)15-11-29-20(25-15)26-18(27)10-9-17-23-13-6-2-3-7-14(13)24-17/h1-8,11,19H,9-10H2,(H,23,24)(H,25,26,27). The van der Waals surface area contributed by atoms with Gasteiger partial charge in [-0.2, -0.15) is 8.78 Å². The van der Waals surface area contributed by atoms with E-state index in [2.05, 4.69) is 25.0 Å². The fourth-order valence-electron chi connectivity index (χ4n) is 2.87. The molecule has 29 heavy (non-hydrogen) atoms. The number of carbonyl (C=O) groups excluding carboxylic acids is 1. The number of anilines is 1. The van der Waals surface area contributed by atoms with Crippen LogP contribution < -0.4 is 10.1 Å². The van der Waals surface area contributed by atoms with Gasteiger partial charge in [0.2, 0.25) is 5.91 Å². The molecule has 2 N–H and O–H groups in total. The van der Waals surface area contributed by atoms with Crippen molar-refractivity contribution in [2.24, 2.45) is 0 Å². The Morgan fingerprint density at radius 1 is 1.14 bits per heavy atom. The number of aromatic amines is 1. The van der Waals surface area contributed by atoms with Crippen LogP contribution in [0.2, 0.25) is 0 Å². The zero-order valence-electron chi connectivity index (χ0n) is 15.1. The quantitative estimate of drug-likeness (QED) is 0.453. The molecule has 4 aromatic rings. The van der Waals surface area contributed by atoms with Crippen molar-refractivity contribution < 1.29 is 18.3 Å². The number of amides is 1. The van der Waals surface area contributed by atoms with E-state index in [9.17, 15) is 13.6 Å². The summed E-state index contributed by atoms with van der Waals surface area (Å²) in [7, 11) is 0. The highest BCUT2D eigenvalue weighted by Crippen LogP contribution is 2.33. The van der Waals surface area contributed by atoms with Gasteiger partial charge in [0.15, 0.2) is 5.13 Å². The molecule has 4 rings (SSSR count). The first-order chi connectivity index (χ1) is 14.1. The average molecular weight is 414 g/mol. The third kappa shape index (κ3) is 4.57. The SMILES string of the molecule is O=C(CCc1nc2ccccc2[nH]1)Nc1nc(-c2ccccc2OC(F)F)cs1. The Labute approximate surface area is 168 Å². The van der Waals surface area contributed by atoms with E-state index < -0.39 is 6.61 Å². The molecule has 148 valence electrons. The Balaban J connectivity index is 1.39. The molecular formula is C20H16F2N4O2S. The summed E-state index contributed by atoms with van der Waals surface area (Å²) in [6.07, 6.45) is 0.698. The van der Waals surface area contributed by atoms with Crippen LogP contribution in [0.15, 0.2) is 53.9 Å². The normalized spacial score (nSPS) is 11.1. The molecule has 0 fully saturated rings. The fraction of sp³-hybridized carbons (Fsp3) is 0.150. The van der Waals surface area contributed by atoms with E-state index in [0.717, 1.165) is 16.9 Å². The first kappa shape index (κ1) is 19.0. The smallest absolute Gasteiger partial charge is 0.387 e. The van der Waals surface area contributed by atoms with Gasteiger partial charge in [0.1, 0.15) is 11.6 Å². The Bertz CT molecular complexity index is 1110. The van der Waals surface area contributed by atoms with Crippen molar-refractivity contribution in [1.29, 1.82) is 0 Å². The molecule has 2 heterocycles. The van der Waals surface area contributed by atoms with Crippen molar-refractivity contribution in [3.05, 3.63) is 59.7 Å². The van der Waals surface area contributed by atoms with Crippen LogP contribution in [0.3, 0.4) is 0 Å². The molecule has 0 unspecified atom stereocenters. The predicted molar refractivity (Wildman–Crippen MR) is 107 cm³/mol. The number of H-pyrrole nitrogens is 1. The van der Waals surface area contributed by atoms with E-state index in [-0.39, 0.29) is 18.1 Å². The number of hydrogen-bond donors (Lipinski definition) is 2. The van der Waals surface area contributed by atoms with Crippen LogP contribution in [0, 0.1) is 0 Å². The summed E-state index contributed by atoms with van der Waals surface area (Å²) in [5.74, 6) is 0.568. The highest BCUT2D eigenvalue weighted by atomic mass is 32.1. The maximum absolute atomic E-state index is 12.6. The van der Waals surface area contributed by atoms with Crippen molar-refractivity contribution >= 4 is 33.4 Å². The number of ether oxygens (including phenoxy) is 1. The number of imidazole rings is 1. The third-order valence-corrected chi connectivity index (χ3v) is 4.91. The minimum Gasteiger partial charge on any atom is -0.434 e. The lowest BCUT2D eigenvalue weighted by Gasteiger charge is -2.08. The van der Waals surface area contributed by atoms with Crippen LogP contribution in [0.5, 0.6) is 5.75 Å². The number of benzene rings is 2. The van der Waals surface area contributed by atoms with Crippen LogP contribution in [0.25, 0.3) is 22.3 Å². The van der Waals surface area contributed by atoms with Crippen molar-refractivity contribution in [2.75, 3.05) is 5.32 Å². The minimum atomic E-state index is -2.92. The molecule has 0 atom stereocenters. The van der Waals surface area contributed by atoms with Crippen LogP contribution in [-0.2, 0) is 11.2 Å². The molecule has 0 aliphatic carbocycles. The summed E-state index contributed by atoms with van der Waals surface area (Å²) in [5.41, 5.74) is 2.68. The summed E-state index contributed by atoms with van der Waals surface area (Å²) >= 11 is 1.22. The zero-order valence-corrected chi connectivity index (χ0v) is 15.9. The van der Waals surface area contributed by atoms with E-state index in [4.69, 9.17) is 0 Å². The molecule has 0 spiro atoms. The molecule has 0 bridgehead atoms. The summed E-state index contributed by atoms with van der Waals surface area (Å²) in [6.45, 7) is -2.92. The first-order valence-corrected chi connectivity index (χ1v) is 9.69. The Kier molecular flexibility index (Phi) is 5.48. The van der Waals surface area contributed by atoms with E-state index in [1.165, 1.54) is 17.4 Å². The molecule has 1 amide bonds. The Morgan fingerprint density at radius 2 is 1.93 bits per heavy atom. The molecule has 2 aromatic heterocycles. The highest BCUT2D eigenvalue weighted by Gasteiger charge is 2.14. The zero-order chi connectivity index (χ0) is 20.2. The largest absolute Gasteiger partial charge is 0.434 e. The minimum absolute atomic E-state index is 0.0376. The van der Waals surface area contributed by atoms with Gasteiger partial charge in [-0.1, -0.05) is 24.3 Å². The Morgan fingerprint density at radius 3 is 2.76 bits per heavy atom. The topological polar surface area (TPSA) is 79.9 Å². The summed E-state index contributed by atoms with van der Waals surface area (Å²) < 4.78 is 29.7. The van der Waals surface area contributed by atoms with E-state index >= 15 is 0 Å². The third-order valence-electron chi connectivity index (χ3n) is 4.16. The average Bonchev–Trinajstić information content (AvgIpc) is 3.33. The molecule has 2 aromatic carbocycles. The number of thiazole rings is 1. The number of aromatic nitrogens is 3. The maximum atomic E-state index is 12.6. The maximum Gasteiger partial charge on any atom is 0.387 e. The fourth-order valence-corrected chi connectivity index (χ4v) is 3.60. The van der Waals surface area contributed by atoms with Crippen LogP contribution in [0.4, 0.5) is 13.9 Å². The van der Waals surface area contributed by atoms with E-state index in [0.29, 0.717) is 22.8 Å². The van der Waals surface area contributed by atoms with Gasteiger partial charge >= 0.3 is 6.61 Å². The second-order valence-electron chi connectivity index (χ2n) is 6.16. The molecule has 0 aliphatic heterocycles. The summed E-state index contributed by atoms with van der Waals surface area (Å²) in [6, 6.07) is 14.1. The number of para-hydroxylation sites is 3. The monoisotopic (exact) mass is 414 g/mol. The second-order valence-corrected chi connectivity index (χ2v) is 7.02. The van der Waals surface area contributed by atoms with Gasteiger partial charge in [-0.3, -0.25) is 4.79 Å². The van der Waals surface area contributed by atoms with E-state index in [1.807, 2.05) is 24.3 Å². The van der Waals surface area contributed by atoms with Crippen molar-refractivity contribution in [3.8, 4) is 17.0 Å². The van der Waals surface area contributed by atoms with Crippen LogP contribution in [-0.4, -0.2) is 27.5 Å². The van der Waals surface area contributed by atoms with Gasteiger partial charge < -0.3 is 15.0 Å². The van der Waals surface area contributed by atoms with Gasteiger partial charge in [-0.25, -0.2) is 9.97 Å². The number of alkyl halides is 2. The number of rotatable bonds is 7. The number of hydrogen-bond acceptors (Lipinski definition) is 5. The molecule has 0 radical (unpaired) electrons. The number of fused-ring (bicyclic) bond motifs is 1. The number of aryl methyl sites for hydroxylation is 1. The van der Waals surface area contributed by atoms with Crippen molar-refractivity contribution in [2.45, 2.75) is 19.5 Å². The molecule has 6 nitrogen and oxygen atoms in total. The first-order valence-electron chi connectivity index (χ1n) is 8.82. The lowest BCUT2D eigenvalue weighted by Crippen LogP contribution is -2.12. The number of nitrogens with zero attached hydrogens (tertiary/aromatic N) is 2. The van der Waals surface area contributed by atoms with Crippen LogP contribution >= 0.6 is 11.3 Å². The van der Waals surface area contributed by atoms with Crippen molar-refractivity contribution in [3.63, 3.8) is 0 Å². The summed E-state index contributed by atoms with van der Waals surface area (Å²) in [5, 5.41) is 4.81.